The van der Waals surface area contributed by atoms with Crippen molar-refractivity contribution in [2.45, 2.75) is 17.9 Å². The van der Waals surface area contributed by atoms with Gasteiger partial charge in [-0.25, -0.2) is 4.79 Å². The van der Waals surface area contributed by atoms with E-state index in [0.29, 0.717) is 22.5 Å². The monoisotopic (exact) mass is 358 g/mol. The molecule has 3 heterocycles. The number of anilines is 1. The summed E-state index contributed by atoms with van der Waals surface area (Å²) in [7, 11) is 2.70. The van der Waals surface area contributed by atoms with Crippen LogP contribution in [-0.4, -0.2) is 49.7 Å². The topological polar surface area (TPSA) is 97.7 Å². The number of hydrogen-bond acceptors (Lipinski definition) is 7. The van der Waals surface area contributed by atoms with Gasteiger partial charge in [-0.15, -0.1) is 0 Å². The Hall–Kier alpha value is -2.71. The molecule has 26 heavy (non-hydrogen) atoms. The van der Waals surface area contributed by atoms with Gasteiger partial charge in [0.1, 0.15) is 5.41 Å². The molecule has 1 aromatic carbocycles. The normalized spacial score (nSPS) is 31.2. The molecule has 3 atom stereocenters. The Labute approximate surface area is 149 Å². The lowest BCUT2D eigenvalue weighted by Gasteiger charge is -2.33. The molecule has 4 aliphatic rings. The fourth-order valence-electron chi connectivity index (χ4n) is 4.18. The Morgan fingerprint density at radius 3 is 2.85 bits per heavy atom. The summed E-state index contributed by atoms with van der Waals surface area (Å²) in [6, 6.07) is 7.24. The van der Waals surface area contributed by atoms with E-state index in [0.717, 1.165) is 0 Å². The first-order chi connectivity index (χ1) is 12.6. The molecule has 1 aromatic rings. The van der Waals surface area contributed by atoms with Gasteiger partial charge < -0.3 is 14.7 Å². The third kappa shape index (κ3) is 1.99. The quantitative estimate of drug-likeness (QED) is 0.484. The van der Waals surface area contributed by atoms with Crippen molar-refractivity contribution in [3.63, 3.8) is 0 Å². The van der Waals surface area contributed by atoms with Crippen LogP contribution in [0.3, 0.4) is 0 Å². The summed E-state index contributed by atoms with van der Waals surface area (Å²) in [5.41, 5.74) is 0.802. The molecule has 8 heteroatoms. The van der Waals surface area contributed by atoms with Crippen LogP contribution < -0.4 is 5.06 Å². The van der Waals surface area contributed by atoms with Gasteiger partial charge in [-0.3, -0.25) is 9.63 Å². The van der Waals surface area contributed by atoms with Crippen LogP contribution in [0, 0.1) is 5.92 Å². The molecule has 1 fully saturated rings. The predicted molar refractivity (Wildman–Crippen MR) is 89.8 cm³/mol. The number of methoxy groups -OCH3 is 1. The van der Waals surface area contributed by atoms with Crippen molar-refractivity contribution in [2.75, 3.05) is 25.9 Å². The molecule has 3 aliphatic heterocycles. The lowest BCUT2D eigenvalue weighted by atomic mass is 9.73. The number of benzene rings is 1. The van der Waals surface area contributed by atoms with E-state index in [1.807, 2.05) is 18.2 Å². The molecule has 136 valence electrons. The first kappa shape index (κ1) is 16.7. The summed E-state index contributed by atoms with van der Waals surface area (Å²) in [4.78, 5) is 30.9. The number of para-hydroxylation sites is 1. The number of ether oxygens (including phenoxy) is 2. The lowest BCUT2D eigenvalue weighted by molar-refractivity contribution is -0.138. The van der Waals surface area contributed by atoms with Gasteiger partial charge in [0, 0.05) is 12.0 Å². The highest BCUT2D eigenvalue weighted by atomic mass is 16.7. The number of rotatable bonds is 2. The van der Waals surface area contributed by atoms with Crippen LogP contribution in [0.5, 0.6) is 0 Å². The Kier molecular flexibility index (Phi) is 3.82. The first-order valence-electron chi connectivity index (χ1n) is 8.19. The summed E-state index contributed by atoms with van der Waals surface area (Å²) in [5, 5.41) is 14.2. The lowest BCUT2D eigenvalue weighted by Crippen LogP contribution is -2.49. The largest absolute Gasteiger partial charge is 0.466 e. The van der Waals surface area contributed by atoms with Gasteiger partial charge in [0.2, 0.25) is 0 Å². The zero-order valence-corrected chi connectivity index (χ0v) is 14.3. The fourth-order valence-corrected chi connectivity index (χ4v) is 4.18. The van der Waals surface area contributed by atoms with Crippen molar-refractivity contribution in [3.05, 3.63) is 41.5 Å². The minimum absolute atomic E-state index is 0.117. The summed E-state index contributed by atoms with van der Waals surface area (Å²) >= 11 is 0. The Balaban J connectivity index is 1.96. The molecule has 3 unspecified atom stereocenters. The molecule has 0 aromatic heterocycles. The number of fused-ring (bicyclic) bond motifs is 3. The summed E-state index contributed by atoms with van der Waals surface area (Å²) in [6.07, 6.45) is 1.03. The van der Waals surface area contributed by atoms with Crippen molar-refractivity contribution >= 4 is 23.3 Å². The maximum Gasteiger partial charge on any atom is 0.334 e. The predicted octanol–water partition coefficient (Wildman–Crippen LogP) is 1.18. The Morgan fingerprint density at radius 2 is 2.15 bits per heavy atom. The van der Waals surface area contributed by atoms with Crippen molar-refractivity contribution < 1.29 is 29.1 Å². The van der Waals surface area contributed by atoms with Gasteiger partial charge >= 0.3 is 5.97 Å². The van der Waals surface area contributed by atoms with Crippen molar-refractivity contribution in [1.82, 2.24) is 0 Å². The zero-order chi connectivity index (χ0) is 18.5. The summed E-state index contributed by atoms with van der Waals surface area (Å²) < 4.78 is 10.8. The third-order valence-corrected chi connectivity index (χ3v) is 5.40. The van der Waals surface area contributed by atoms with E-state index in [-0.39, 0.29) is 18.9 Å². The van der Waals surface area contributed by atoms with Crippen LogP contribution in [0.1, 0.15) is 12.0 Å². The highest BCUT2D eigenvalue weighted by Gasteiger charge is 2.60. The molecule has 5 rings (SSSR count). The van der Waals surface area contributed by atoms with Crippen LogP contribution in [0.25, 0.3) is 0 Å². The number of carbonyl (C=O) groups is 2. The van der Waals surface area contributed by atoms with Crippen LogP contribution in [0.15, 0.2) is 41.1 Å². The zero-order valence-electron chi connectivity index (χ0n) is 14.3. The molecule has 1 N–H and O–H groups in total. The molecule has 2 bridgehead atoms. The van der Waals surface area contributed by atoms with Crippen LogP contribution in [-0.2, 0) is 29.3 Å². The number of carbonyl (C=O) groups excluding carboxylic acids is 2. The van der Waals surface area contributed by atoms with Gasteiger partial charge in [0.05, 0.1) is 44.2 Å². The average molecular weight is 358 g/mol. The molecule has 0 radical (unpaired) electrons. The molecule has 8 nitrogen and oxygen atoms in total. The van der Waals surface area contributed by atoms with E-state index in [1.54, 1.807) is 12.1 Å². The summed E-state index contributed by atoms with van der Waals surface area (Å²) in [5.74, 6) is -1.40. The van der Waals surface area contributed by atoms with Gasteiger partial charge in [-0.1, -0.05) is 23.4 Å². The van der Waals surface area contributed by atoms with E-state index in [4.69, 9.17) is 14.3 Å². The molecule has 1 amide bonds. The minimum Gasteiger partial charge on any atom is -0.466 e. The second kappa shape index (κ2) is 5.93. The maximum absolute atomic E-state index is 13.4. The molecule has 1 spiro atoms. The summed E-state index contributed by atoms with van der Waals surface area (Å²) in [6.45, 7) is 0.134. The number of amides is 1. The van der Waals surface area contributed by atoms with Gasteiger partial charge in [0.25, 0.3) is 5.91 Å². The SMILES string of the molecule is COC(=O)C1=CC2OCC1/C(=N\O)CC21C(=O)N(OC)c2ccccc21. The van der Waals surface area contributed by atoms with Crippen molar-refractivity contribution in [3.8, 4) is 0 Å². The number of esters is 1. The van der Waals surface area contributed by atoms with E-state index < -0.39 is 23.4 Å². The highest BCUT2D eigenvalue weighted by molar-refractivity contribution is 6.12. The molecule has 1 saturated heterocycles. The van der Waals surface area contributed by atoms with Gasteiger partial charge in [-0.2, -0.15) is 5.06 Å². The number of oxime groups is 1. The molecule has 0 saturated carbocycles. The van der Waals surface area contributed by atoms with Crippen molar-refractivity contribution in [1.29, 1.82) is 0 Å². The van der Waals surface area contributed by atoms with Crippen LogP contribution >= 0.6 is 0 Å². The molecular formula is C18H18N2O6. The average Bonchev–Trinajstić information content (AvgIpc) is 2.80. The van der Waals surface area contributed by atoms with E-state index in [1.165, 1.54) is 19.3 Å². The highest BCUT2D eigenvalue weighted by Crippen LogP contribution is 2.51. The number of hydroxylamine groups is 1. The van der Waals surface area contributed by atoms with Gasteiger partial charge in [0.15, 0.2) is 0 Å². The standard InChI is InChI=1S/C18H18N2O6/c1-24-16(21)10-7-15-18(8-13(19-23)11(10)9-26-15)12-5-3-4-6-14(12)20(25-2)17(18)22/h3-7,11,15,23H,8-9H2,1-2H3/b19-13-. The first-order valence-corrected chi connectivity index (χ1v) is 8.19. The number of hydrogen-bond donors (Lipinski definition) is 1. The fraction of sp³-hybridized carbons (Fsp3) is 0.389. The maximum atomic E-state index is 13.4. The Bertz CT molecular complexity index is 848. The number of nitrogens with zero attached hydrogens (tertiary/aromatic N) is 2. The molecule has 1 aliphatic carbocycles. The van der Waals surface area contributed by atoms with Crippen molar-refractivity contribution in [2.24, 2.45) is 11.1 Å². The third-order valence-electron chi connectivity index (χ3n) is 5.40. The Morgan fingerprint density at radius 1 is 1.38 bits per heavy atom. The second-order valence-electron chi connectivity index (χ2n) is 6.46. The van der Waals surface area contributed by atoms with E-state index in [9.17, 15) is 14.8 Å². The van der Waals surface area contributed by atoms with Crippen LogP contribution in [0.4, 0.5) is 5.69 Å². The molecular weight excluding hydrogens is 340 g/mol. The minimum atomic E-state index is -1.17. The van der Waals surface area contributed by atoms with Crippen LogP contribution in [0.2, 0.25) is 0 Å². The van der Waals surface area contributed by atoms with E-state index in [2.05, 4.69) is 5.16 Å². The smallest absolute Gasteiger partial charge is 0.334 e. The van der Waals surface area contributed by atoms with E-state index >= 15 is 0 Å². The van der Waals surface area contributed by atoms with Gasteiger partial charge in [-0.05, 0) is 17.7 Å². The second-order valence-corrected chi connectivity index (χ2v) is 6.46.